The van der Waals surface area contributed by atoms with Gasteiger partial charge in [-0.2, -0.15) is 0 Å². The first-order valence-electron chi connectivity index (χ1n) is 7.51. The summed E-state index contributed by atoms with van der Waals surface area (Å²) in [5.41, 5.74) is 0. The molecule has 1 heterocycles. The minimum absolute atomic E-state index is 0.356. The fourth-order valence-corrected chi connectivity index (χ4v) is 3.19. The van der Waals surface area contributed by atoms with Crippen molar-refractivity contribution in [3.8, 4) is 0 Å². The molecule has 0 saturated carbocycles. The normalized spacial score (nSPS) is 12.7. The highest BCUT2D eigenvalue weighted by atomic mass is 79.9. The average molecular weight is 380 g/mol. The summed E-state index contributed by atoms with van der Waals surface area (Å²) in [7, 11) is 0. The lowest BCUT2D eigenvalue weighted by Gasteiger charge is -2.12. The van der Waals surface area contributed by atoms with E-state index in [0.717, 1.165) is 36.2 Å². The summed E-state index contributed by atoms with van der Waals surface area (Å²) in [6.45, 7) is 5.86. The molecule has 1 aromatic heterocycles. The molecule has 0 aromatic carbocycles. The molecule has 0 amide bonds. The highest BCUT2D eigenvalue weighted by molar-refractivity contribution is 9.11. The van der Waals surface area contributed by atoms with Gasteiger partial charge in [0, 0.05) is 24.6 Å². The summed E-state index contributed by atoms with van der Waals surface area (Å²) < 4.78 is 11.9. The Hall–Kier alpha value is 0.0200. The average Bonchev–Trinajstić information content (AvgIpc) is 2.88. The molecule has 2 N–H and O–H groups in total. The van der Waals surface area contributed by atoms with Gasteiger partial charge >= 0.3 is 0 Å². The molecule has 0 spiro atoms. The molecule has 1 aromatic rings. The zero-order valence-corrected chi connectivity index (χ0v) is 15.0. The van der Waals surface area contributed by atoms with Gasteiger partial charge in [-0.05, 0) is 40.9 Å². The number of ether oxygens (including phenoxy) is 2. The molecule has 1 rings (SSSR count). The number of thiophene rings is 1. The van der Waals surface area contributed by atoms with Crippen LogP contribution in [0.4, 0.5) is 0 Å². The van der Waals surface area contributed by atoms with Crippen LogP contribution in [0.1, 0.15) is 24.6 Å². The van der Waals surface area contributed by atoms with Crippen LogP contribution in [0.3, 0.4) is 0 Å². The Bertz CT molecular complexity index is 362. The maximum Gasteiger partial charge on any atom is 0.0897 e. The fourth-order valence-electron chi connectivity index (χ4n) is 1.71. The number of hydrogen-bond donors (Lipinski definition) is 2. The monoisotopic (exact) mass is 379 g/mol. The topological polar surface area (TPSA) is 50.7 Å². The Kier molecular flexibility index (Phi) is 11.4. The molecule has 1 atom stereocenters. The van der Waals surface area contributed by atoms with Gasteiger partial charge in [0.2, 0.25) is 0 Å². The second kappa shape index (κ2) is 12.6. The van der Waals surface area contributed by atoms with Crippen molar-refractivity contribution in [1.29, 1.82) is 0 Å². The molecule has 0 aliphatic heterocycles. The molecule has 0 aliphatic carbocycles. The van der Waals surface area contributed by atoms with Gasteiger partial charge in [0.15, 0.2) is 0 Å². The van der Waals surface area contributed by atoms with Crippen LogP contribution in [-0.2, 0) is 15.9 Å². The Morgan fingerprint density at radius 2 is 2.10 bits per heavy atom. The Morgan fingerprint density at radius 3 is 2.81 bits per heavy atom. The van der Waals surface area contributed by atoms with E-state index < -0.39 is 6.10 Å². The number of aliphatic hydroxyl groups excluding tert-OH is 1. The van der Waals surface area contributed by atoms with E-state index in [4.69, 9.17) is 9.47 Å². The molecular formula is C15H26BrNO3S. The quantitative estimate of drug-likeness (QED) is 0.517. The zero-order valence-electron chi connectivity index (χ0n) is 12.6. The second-order valence-corrected chi connectivity index (χ2v) is 7.40. The second-order valence-electron chi connectivity index (χ2n) is 4.85. The van der Waals surface area contributed by atoms with Crippen molar-refractivity contribution in [3.63, 3.8) is 0 Å². The van der Waals surface area contributed by atoms with Gasteiger partial charge < -0.3 is 19.9 Å². The van der Waals surface area contributed by atoms with Crippen molar-refractivity contribution in [3.05, 3.63) is 20.8 Å². The zero-order chi connectivity index (χ0) is 15.3. The molecule has 0 bridgehead atoms. The summed E-state index contributed by atoms with van der Waals surface area (Å²) in [5, 5.41) is 13.0. The lowest BCUT2D eigenvalue weighted by Crippen LogP contribution is -2.32. The van der Waals surface area contributed by atoms with E-state index in [1.807, 2.05) is 0 Å². The summed E-state index contributed by atoms with van der Waals surface area (Å²) in [6, 6.07) is 4.18. The van der Waals surface area contributed by atoms with E-state index in [1.165, 1.54) is 4.88 Å². The lowest BCUT2D eigenvalue weighted by atomic mass is 10.3. The molecule has 21 heavy (non-hydrogen) atoms. The predicted octanol–water partition coefficient (Wildman–Crippen LogP) is 2.84. The van der Waals surface area contributed by atoms with Crippen molar-refractivity contribution in [2.24, 2.45) is 0 Å². The van der Waals surface area contributed by atoms with Crippen LogP contribution in [0.5, 0.6) is 0 Å². The van der Waals surface area contributed by atoms with Crippen LogP contribution in [-0.4, -0.2) is 50.7 Å². The fraction of sp³-hybridized carbons (Fsp3) is 0.733. The van der Waals surface area contributed by atoms with Crippen molar-refractivity contribution >= 4 is 27.3 Å². The first-order chi connectivity index (χ1) is 10.2. The van der Waals surface area contributed by atoms with E-state index in [1.54, 1.807) is 11.3 Å². The van der Waals surface area contributed by atoms with E-state index in [-0.39, 0.29) is 0 Å². The number of hydrogen-bond acceptors (Lipinski definition) is 5. The van der Waals surface area contributed by atoms with Crippen LogP contribution in [0.2, 0.25) is 0 Å². The van der Waals surface area contributed by atoms with E-state index in [0.29, 0.717) is 26.4 Å². The first kappa shape index (κ1) is 19.1. The standard InChI is InChI=1S/C15H26BrNO3S/c1-2-3-8-19-9-10-20-12-13(18)11-17-7-6-14-4-5-15(16)21-14/h4-5,13,17-18H,2-3,6-12H2,1H3. The molecule has 122 valence electrons. The summed E-state index contributed by atoms with van der Waals surface area (Å²) in [6.07, 6.45) is 2.76. The highest BCUT2D eigenvalue weighted by Gasteiger charge is 2.04. The summed E-state index contributed by atoms with van der Waals surface area (Å²) in [4.78, 5) is 1.34. The third-order valence-electron chi connectivity index (χ3n) is 2.88. The van der Waals surface area contributed by atoms with E-state index in [2.05, 4.69) is 40.3 Å². The Labute approximate surface area is 140 Å². The molecule has 0 aliphatic rings. The van der Waals surface area contributed by atoms with Gasteiger partial charge in [0.1, 0.15) is 0 Å². The largest absolute Gasteiger partial charge is 0.389 e. The summed E-state index contributed by atoms with van der Waals surface area (Å²) >= 11 is 5.20. The smallest absolute Gasteiger partial charge is 0.0897 e. The third kappa shape index (κ3) is 10.4. The Balaban J connectivity index is 1.88. The lowest BCUT2D eigenvalue weighted by molar-refractivity contribution is 0.00401. The molecule has 6 heteroatoms. The summed E-state index contributed by atoms with van der Waals surface area (Å²) in [5.74, 6) is 0. The van der Waals surface area contributed by atoms with Gasteiger partial charge in [-0.3, -0.25) is 0 Å². The van der Waals surface area contributed by atoms with Crippen molar-refractivity contribution in [2.75, 3.05) is 39.5 Å². The van der Waals surface area contributed by atoms with E-state index in [9.17, 15) is 5.11 Å². The van der Waals surface area contributed by atoms with Crippen molar-refractivity contribution in [1.82, 2.24) is 5.32 Å². The maximum atomic E-state index is 9.76. The van der Waals surface area contributed by atoms with Crippen LogP contribution in [0.25, 0.3) is 0 Å². The number of unbranched alkanes of at least 4 members (excludes halogenated alkanes) is 1. The Morgan fingerprint density at radius 1 is 1.29 bits per heavy atom. The minimum atomic E-state index is -0.462. The van der Waals surface area contributed by atoms with Gasteiger partial charge in [0.05, 0.1) is 29.7 Å². The van der Waals surface area contributed by atoms with Gasteiger partial charge in [0.25, 0.3) is 0 Å². The maximum absolute atomic E-state index is 9.76. The molecule has 4 nitrogen and oxygen atoms in total. The minimum Gasteiger partial charge on any atom is -0.389 e. The number of aliphatic hydroxyl groups is 1. The van der Waals surface area contributed by atoms with E-state index >= 15 is 0 Å². The van der Waals surface area contributed by atoms with Crippen LogP contribution in [0, 0.1) is 0 Å². The molecule has 0 saturated heterocycles. The van der Waals surface area contributed by atoms with Crippen LogP contribution < -0.4 is 5.32 Å². The third-order valence-corrected chi connectivity index (χ3v) is 4.56. The van der Waals surface area contributed by atoms with Crippen LogP contribution in [0.15, 0.2) is 15.9 Å². The molecule has 0 radical (unpaired) electrons. The van der Waals surface area contributed by atoms with Gasteiger partial charge in [-0.25, -0.2) is 0 Å². The SMILES string of the molecule is CCCCOCCOCC(O)CNCCc1ccc(Br)s1. The highest BCUT2D eigenvalue weighted by Crippen LogP contribution is 2.21. The van der Waals surface area contributed by atoms with Crippen molar-refractivity contribution < 1.29 is 14.6 Å². The molecule has 0 fully saturated rings. The molecule has 1 unspecified atom stereocenters. The van der Waals surface area contributed by atoms with Crippen LogP contribution >= 0.6 is 27.3 Å². The number of halogens is 1. The van der Waals surface area contributed by atoms with Gasteiger partial charge in [-0.1, -0.05) is 13.3 Å². The van der Waals surface area contributed by atoms with Crippen molar-refractivity contribution in [2.45, 2.75) is 32.3 Å². The van der Waals surface area contributed by atoms with Gasteiger partial charge in [-0.15, -0.1) is 11.3 Å². The number of nitrogens with one attached hydrogen (secondary N) is 1. The predicted molar refractivity (Wildman–Crippen MR) is 91.1 cm³/mol. The first-order valence-corrected chi connectivity index (χ1v) is 9.11. The molecular weight excluding hydrogens is 354 g/mol. The number of rotatable bonds is 13.